The summed E-state index contributed by atoms with van der Waals surface area (Å²) in [6, 6.07) is 5.32. The molecule has 130 valence electrons. The van der Waals surface area contributed by atoms with E-state index < -0.39 is 0 Å². The molecule has 0 unspecified atom stereocenters. The predicted molar refractivity (Wildman–Crippen MR) is 95.3 cm³/mol. The lowest BCUT2D eigenvalue weighted by atomic mass is 10.1. The van der Waals surface area contributed by atoms with Crippen molar-refractivity contribution in [3.05, 3.63) is 28.8 Å². The summed E-state index contributed by atoms with van der Waals surface area (Å²) in [5.41, 5.74) is 0.911. The number of hydrogen-bond donors (Lipinski definition) is 0. The Morgan fingerprint density at radius 1 is 1.04 bits per heavy atom. The first-order chi connectivity index (χ1) is 11.1. The first-order valence-electron chi connectivity index (χ1n) is 8.68. The molecule has 0 amide bonds. The summed E-state index contributed by atoms with van der Waals surface area (Å²) in [5.74, 6) is 0.348. The van der Waals surface area contributed by atoms with Crippen molar-refractivity contribution in [2.45, 2.75) is 65.2 Å². The number of carbonyl (C=O) groups excluding carboxylic acids is 1. The van der Waals surface area contributed by atoms with Crippen LogP contribution in [0.1, 0.15) is 63.9 Å². The van der Waals surface area contributed by atoms with Crippen molar-refractivity contribution in [3.63, 3.8) is 0 Å². The number of unbranched alkanes of at least 4 members (excludes halogenated alkanes) is 7. The molecule has 0 saturated carbocycles. The lowest BCUT2D eigenvalue weighted by molar-refractivity contribution is -0.146. The second-order valence-corrected chi connectivity index (χ2v) is 6.33. The zero-order valence-corrected chi connectivity index (χ0v) is 15.2. The highest BCUT2D eigenvalue weighted by Gasteiger charge is 2.06. The minimum atomic E-state index is -0.317. The molecule has 1 aromatic carbocycles. The molecule has 0 aliphatic rings. The molecule has 4 heteroatoms. The van der Waals surface area contributed by atoms with Gasteiger partial charge in [0.15, 0.2) is 6.61 Å². The van der Waals surface area contributed by atoms with Gasteiger partial charge in [0.25, 0.3) is 0 Å². The fraction of sp³-hybridized carbons (Fsp3) is 0.632. The van der Waals surface area contributed by atoms with Gasteiger partial charge in [0.05, 0.1) is 6.61 Å². The molecular weight excluding hydrogens is 312 g/mol. The summed E-state index contributed by atoms with van der Waals surface area (Å²) >= 11 is 5.88. The number of halogens is 1. The maximum absolute atomic E-state index is 11.6. The molecule has 0 N–H and O–H groups in total. The molecule has 0 radical (unpaired) electrons. The Morgan fingerprint density at radius 3 is 2.35 bits per heavy atom. The highest BCUT2D eigenvalue weighted by Crippen LogP contribution is 2.21. The van der Waals surface area contributed by atoms with Gasteiger partial charge in [-0.05, 0) is 37.1 Å². The fourth-order valence-corrected chi connectivity index (χ4v) is 2.60. The zero-order valence-electron chi connectivity index (χ0n) is 14.4. The molecule has 0 spiro atoms. The first-order valence-corrected chi connectivity index (χ1v) is 9.06. The van der Waals surface area contributed by atoms with Crippen LogP contribution >= 0.6 is 11.6 Å². The summed E-state index contributed by atoms with van der Waals surface area (Å²) < 4.78 is 10.6. The average molecular weight is 341 g/mol. The van der Waals surface area contributed by atoms with Crippen molar-refractivity contribution in [2.24, 2.45) is 0 Å². The number of rotatable bonds is 12. The Labute approximate surface area is 145 Å². The van der Waals surface area contributed by atoms with Gasteiger partial charge in [-0.1, -0.05) is 63.5 Å². The quantitative estimate of drug-likeness (QED) is 0.361. The molecule has 3 nitrogen and oxygen atoms in total. The second kappa shape index (κ2) is 12.2. The van der Waals surface area contributed by atoms with Crippen LogP contribution in [0.5, 0.6) is 5.75 Å². The summed E-state index contributed by atoms with van der Waals surface area (Å²) in [6.07, 6.45) is 9.85. The lowest BCUT2D eigenvalue weighted by Gasteiger charge is -2.09. The summed E-state index contributed by atoms with van der Waals surface area (Å²) in [6.45, 7) is 4.55. The van der Waals surface area contributed by atoms with E-state index in [-0.39, 0.29) is 12.6 Å². The monoisotopic (exact) mass is 340 g/mol. The number of carbonyl (C=O) groups is 1. The van der Waals surface area contributed by atoms with Crippen molar-refractivity contribution >= 4 is 17.6 Å². The van der Waals surface area contributed by atoms with Crippen LogP contribution in [0.4, 0.5) is 0 Å². The Kier molecular flexibility index (Phi) is 10.5. The first kappa shape index (κ1) is 19.8. The number of hydrogen-bond acceptors (Lipinski definition) is 3. The molecule has 0 atom stereocenters. The fourth-order valence-electron chi connectivity index (χ4n) is 2.38. The van der Waals surface area contributed by atoms with Gasteiger partial charge >= 0.3 is 5.97 Å². The Balaban J connectivity index is 2.02. The smallest absolute Gasteiger partial charge is 0.344 e. The number of aryl methyl sites for hydroxylation is 1. The number of ether oxygens (including phenoxy) is 2. The molecule has 1 aromatic rings. The van der Waals surface area contributed by atoms with Gasteiger partial charge in [0, 0.05) is 5.02 Å². The van der Waals surface area contributed by atoms with Gasteiger partial charge in [0.1, 0.15) is 5.75 Å². The van der Waals surface area contributed by atoms with Crippen LogP contribution in [0.2, 0.25) is 5.02 Å². The van der Waals surface area contributed by atoms with E-state index in [1.54, 1.807) is 12.1 Å². The van der Waals surface area contributed by atoms with Crippen LogP contribution in [-0.2, 0) is 9.53 Å². The van der Waals surface area contributed by atoms with Crippen LogP contribution in [0.15, 0.2) is 18.2 Å². The topological polar surface area (TPSA) is 35.5 Å². The molecule has 0 heterocycles. The third-order valence-electron chi connectivity index (χ3n) is 3.74. The van der Waals surface area contributed by atoms with Crippen molar-refractivity contribution < 1.29 is 14.3 Å². The Hall–Kier alpha value is -1.22. The van der Waals surface area contributed by atoms with Crippen LogP contribution in [0.3, 0.4) is 0 Å². The van der Waals surface area contributed by atoms with Crippen LogP contribution in [-0.4, -0.2) is 19.2 Å². The predicted octanol–water partition coefficient (Wildman–Crippen LogP) is 5.71. The molecule has 0 aliphatic heterocycles. The van der Waals surface area contributed by atoms with E-state index in [2.05, 4.69) is 6.92 Å². The standard InChI is InChI=1S/C19H29ClO3/c1-3-4-5-6-7-8-9-10-13-22-19(21)15-23-18-12-11-17(20)14-16(18)2/h11-12,14H,3-10,13,15H2,1-2H3. The van der Waals surface area contributed by atoms with E-state index in [1.807, 2.05) is 13.0 Å². The van der Waals surface area contributed by atoms with Crippen molar-refractivity contribution in [3.8, 4) is 5.75 Å². The highest BCUT2D eigenvalue weighted by molar-refractivity contribution is 6.30. The van der Waals surface area contributed by atoms with Crippen LogP contribution in [0, 0.1) is 6.92 Å². The van der Waals surface area contributed by atoms with Gasteiger partial charge in [-0.3, -0.25) is 0 Å². The van der Waals surface area contributed by atoms with E-state index >= 15 is 0 Å². The van der Waals surface area contributed by atoms with Crippen LogP contribution in [0.25, 0.3) is 0 Å². The van der Waals surface area contributed by atoms with Crippen molar-refractivity contribution in [2.75, 3.05) is 13.2 Å². The minimum absolute atomic E-state index is 0.0561. The largest absolute Gasteiger partial charge is 0.482 e. The summed E-state index contributed by atoms with van der Waals surface area (Å²) in [7, 11) is 0. The number of esters is 1. The van der Waals surface area contributed by atoms with E-state index in [9.17, 15) is 4.79 Å². The second-order valence-electron chi connectivity index (χ2n) is 5.89. The van der Waals surface area contributed by atoms with Crippen molar-refractivity contribution in [1.82, 2.24) is 0 Å². The van der Waals surface area contributed by atoms with E-state index in [0.29, 0.717) is 17.4 Å². The average Bonchev–Trinajstić information content (AvgIpc) is 2.52. The number of benzene rings is 1. The molecule has 0 saturated heterocycles. The lowest BCUT2D eigenvalue weighted by Crippen LogP contribution is -2.15. The van der Waals surface area contributed by atoms with E-state index in [1.165, 1.54) is 38.5 Å². The maximum Gasteiger partial charge on any atom is 0.344 e. The molecule has 0 aromatic heterocycles. The normalized spacial score (nSPS) is 10.6. The Bertz CT molecular complexity index is 460. The van der Waals surface area contributed by atoms with E-state index in [0.717, 1.165) is 18.4 Å². The molecule has 0 aliphatic carbocycles. The highest BCUT2D eigenvalue weighted by atomic mass is 35.5. The maximum atomic E-state index is 11.6. The molecule has 0 fully saturated rings. The van der Waals surface area contributed by atoms with Gasteiger partial charge in [-0.15, -0.1) is 0 Å². The van der Waals surface area contributed by atoms with Gasteiger partial charge in [0.2, 0.25) is 0 Å². The van der Waals surface area contributed by atoms with Gasteiger partial charge in [-0.25, -0.2) is 4.79 Å². The SMILES string of the molecule is CCCCCCCCCCOC(=O)COc1ccc(Cl)cc1C. The Morgan fingerprint density at radius 2 is 1.70 bits per heavy atom. The summed E-state index contributed by atoms with van der Waals surface area (Å²) in [4.78, 5) is 11.6. The third-order valence-corrected chi connectivity index (χ3v) is 3.98. The zero-order chi connectivity index (χ0) is 16.9. The van der Waals surface area contributed by atoms with Gasteiger partial charge < -0.3 is 9.47 Å². The molecular formula is C19H29ClO3. The molecule has 23 heavy (non-hydrogen) atoms. The van der Waals surface area contributed by atoms with Crippen LogP contribution < -0.4 is 4.74 Å². The summed E-state index contributed by atoms with van der Waals surface area (Å²) in [5, 5.41) is 0.659. The van der Waals surface area contributed by atoms with Gasteiger partial charge in [-0.2, -0.15) is 0 Å². The third kappa shape index (κ3) is 9.50. The molecule has 1 rings (SSSR count). The minimum Gasteiger partial charge on any atom is -0.482 e. The van der Waals surface area contributed by atoms with Crippen molar-refractivity contribution in [1.29, 1.82) is 0 Å². The molecule has 0 bridgehead atoms. The van der Waals surface area contributed by atoms with E-state index in [4.69, 9.17) is 21.1 Å².